The van der Waals surface area contributed by atoms with Crippen molar-refractivity contribution in [3.63, 3.8) is 0 Å². The molecule has 4 nitrogen and oxygen atoms in total. The number of hydrogen-bond acceptors (Lipinski definition) is 4. The van der Waals surface area contributed by atoms with E-state index < -0.39 is 0 Å². The average Bonchev–Trinajstić information content (AvgIpc) is 2.52. The molecule has 0 unspecified atom stereocenters. The number of ether oxygens (including phenoxy) is 2. The van der Waals surface area contributed by atoms with E-state index in [2.05, 4.69) is 6.58 Å². The summed E-state index contributed by atoms with van der Waals surface area (Å²) in [6.45, 7) is 6.15. The molecule has 23 heavy (non-hydrogen) atoms. The molecule has 0 aromatic carbocycles. The lowest BCUT2D eigenvalue weighted by Gasteiger charge is -2.07. The number of unbranched alkanes of at least 4 members (excludes halogenated alkanes) is 11. The highest BCUT2D eigenvalue weighted by molar-refractivity contribution is 5.70. The van der Waals surface area contributed by atoms with Gasteiger partial charge in [0.2, 0.25) is 0 Å². The molecule has 0 bridgehead atoms. The Balaban J connectivity index is 3.18. The Morgan fingerprint density at radius 2 is 1.26 bits per heavy atom. The predicted octanol–water partition coefficient (Wildman–Crippen LogP) is 5.10. The van der Waals surface area contributed by atoms with Gasteiger partial charge in [0.05, 0.1) is 6.61 Å². The molecule has 0 aliphatic heterocycles. The molecule has 0 aliphatic rings. The van der Waals surface area contributed by atoms with Crippen LogP contribution in [0.2, 0.25) is 0 Å². The van der Waals surface area contributed by atoms with Crippen molar-refractivity contribution in [1.82, 2.24) is 0 Å². The topological polar surface area (TPSA) is 55.8 Å². The van der Waals surface area contributed by atoms with Crippen molar-refractivity contribution >= 4 is 5.97 Å². The highest BCUT2D eigenvalue weighted by Gasteiger charge is 2.05. The van der Waals surface area contributed by atoms with Crippen molar-refractivity contribution in [3.8, 4) is 0 Å². The van der Waals surface area contributed by atoms with E-state index in [-0.39, 0.29) is 11.9 Å². The number of aliphatic hydroxyl groups is 1. The average molecular weight is 328 g/mol. The Hall–Kier alpha value is -1.03. The first-order valence-corrected chi connectivity index (χ1v) is 9.34. The lowest BCUT2D eigenvalue weighted by atomic mass is 10.0. The van der Waals surface area contributed by atoms with Gasteiger partial charge in [0.1, 0.15) is 0 Å². The minimum absolute atomic E-state index is 0.105. The van der Waals surface area contributed by atoms with Gasteiger partial charge in [0.15, 0.2) is 0 Å². The Kier molecular flexibility index (Phi) is 16.5. The van der Waals surface area contributed by atoms with Crippen LogP contribution < -0.4 is 0 Å². The monoisotopic (exact) mass is 328 g/mol. The van der Waals surface area contributed by atoms with Gasteiger partial charge in [0.25, 0.3) is 5.95 Å². The standard InChI is InChI=1S/C19H36O4/c1-3-22-18(2)23-19(21)16-14-12-10-8-6-4-5-7-9-11-13-15-17-20/h20H,2-17H2,1H3. The van der Waals surface area contributed by atoms with Gasteiger partial charge in [-0.05, 0) is 26.3 Å². The third kappa shape index (κ3) is 17.2. The van der Waals surface area contributed by atoms with Gasteiger partial charge in [0, 0.05) is 13.0 Å². The first kappa shape index (κ1) is 22.0. The Morgan fingerprint density at radius 3 is 1.70 bits per heavy atom. The normalized spacial score (nSPS) is 10.5. The molecule has 0 fully saturated rings. The lowest BCUT2D eigenvalue weighted by molar-refractivity contribution is -0.144. The van der Waals surface area contributed by atoms with Gasteiger partial charge in [-0.1, -0.05) is 64.2 Å². The van der Waals surface area contributed by atoms with Crippen LogP contribution in [0.1, 0.15) is 90.4 Å². The number of carbonyl (C=O) groups is 1. The highest BCUT2D eigenvalue weighted by atomic mass is 16.7. The lowest BCUT2D eigenvalue weighted by Crippen LogP contribution is -2.05. The highest BCUT2D eigenvalue weighted by Crippen LogP contribution is 2.13. The predicted molar refractivity (Wildman–Crippen MR) is 94.0 cm³/mol. The van der Waals surface area contributed by atoms with Gasteiger partial charge in [-0.3, -0.25) is 4.79 Å². The number of rotatable bonds is 17. The first-order chi connectivity index (χ1) is 11.2. The van der Waals surface area contributed by atoms with Crippen LogP contribution in [-0.4, -0.2) is 24.3 Å². The van der Waals surface area contributed by atoms with Crippen LogP contribution in [0.4, 0.5) is 0 Å². The van der Waals surface area contributed by atoms with E-state index in [1.54, 1.807) is 0 Å². The van der Waals surface area contributed by atoms with Crippen molar-refractivity contribution < 1.29 is 19.4 Å². The Morgan fingerprint density at radius 1 is 0.826 bits per heavy atom. The quantitative estimate of drug-likeness (QED) is 0.229. The van der Waals surface area contributed by atoms with E-state index in [0.29, 0.717) is 19.6 Å². The molecule has 0 aromatic heterocycles. The fourth-order valence-corrected chi connectivity index (χ4v) is 2.52. The second-order valence-electron chi connectivity index (χ2n) is 6.00. The molecule has 4 heteroatoms. The molecule has 0 saturated carbocycles. The summed E-state index contributed by atoms with van der Waals surface area (Å²) in [5.41, 5.74) is 0. The summed E-state index contributed by atoms with van der Waals surface area (Å²) in [5.74, 6) is -0.140. The van der Waals surface area contributed by atoms with Gasteiger partial charge < -0.3 is 14.6 Å². The van der Waals surface area contributed by atoms with Crippen LogP contribution in [0, 0.1) is 0 Å². The molecule has 1 N–H and O–H groups in total. The van der Waals surface area contributed by atoms with Crippen molar-refractivity contribution in [3.05, 3.63) is 12.5 Å². The van der Waals surface area contributed by atoms with Gasteiger partial charge in [-0.25, -0.2) is 0 Å². The van der Waals surface area contributed by atoms with Crippen LogP contribution in [0.3, 0.4) is 0 Å². The van der Waals surface area contributed by atoms with Crippen molar-refractivity contribution in [2.75, 3.05) is 13.2 Å². The molecule has 0 heterocycles. The fourth-order valence-electron chi connectivity index (χ4n) is 2.52. The molecular formula is C19H36O4. The van der Waals surface area contributed by atoms with E-state index in [0.717, 1.165) is 25.7 Å². The van der Waals surface area contributed by atoms with Gasteiger partial charge >= 0.3 is 5.97 Å². The minimum Gasteiger partial charge on any atom is -0.466 e. The second kappa shape index (κ2) is 17.3. The third-order valence-corrected chi connectivity index (χ3v) is 3.82. The van der Waals surface area contributed by atoms with Crippen LogP contribution >= 0.6 is 0 Å². The third-order valence-electron chi connectivity index (χ3n) is 3.82. The summed E-state index contributed by atoms with van der Waals surface area (Å²) >= 11 is 0. The molecule has 0 radical (unpaired) electrons. The molecule has 0 aromatic rings. The van der Waals surface area contributed by atoms with E-state index in [4.69, 9.17) is 14.6 Å². The van der Waals surface area contributed by atoms with Crippen LogP contribution in [-0.2, 0) is 14.3 Å². The maximum atomic E-state index is 11.5. The van der Waals surface area contributed by atoms with E-state index in [1.165, 1.54) is 51.4 Å². The summed E-state index contributed by atoms with van der Waals surface area (Å²) in [6.07, 6.45) is 14.8. The summed E-state index contributed by atoms with van der Waals surface area (Å²) in [5, 5.41) is 8.68. The van der Waals surface area contributed by atoms with Crippen LogP contribution in [0.25, 0.3) is 0 Å². The zero-order valence-electron chi connectivity index (χ0n) is 15.0. The van der Waals surface area contributed by atoms with E-state index >= 15 is 0 Å². The largest absolute Gasteiger partial charge is 0.466 e. The maximum Gasteiger partial charge on any atom is 0.313 e. The molecule has 136 valence electrons. The second-order valence-corrected chi connectivity index (χ2v) is 6.00. The zero-order chi connectivity index (χ0) is 17.2. The fraction of sp³-hybridized carbons (Fsp3) is 0.842. The number of esters is 1. The molecule has 0 rings (SSSR count). The summed E-state index contributed by atoms with van der Waals surface area (Å²) in [7, 11) is 0. The van der Waals surface area contributed by atoms with Gasteiger partial charge in [-0.15, -0.1) is 0 Å². The molecule has 0 atom stereocenters. The molecule has 0 saturated heterocycles. The minimum atomic E-state index is -0.246. The van der Waals surface area contributed by atoms with E-state index in [9.17, 15) is 4.79 Å². The van der Waals surface area contributed by atoms with Crippen molar-refractivity contribution in [2.24, 2.45) is 0 Å². The van der Waals surface area contributed by atoms with Crippen molar-refractivity contribution in [1.29, 1.82) is 0 Å². The molecule has 0 spiro atoms. The Bertz CT molecular complexity index is 289. The summed E-state index contributed by atoms with van der Waals surface area (Å²) in [6, 6.07) is 0. The number of carbonyl (C=O) groups excluding carboxylic acids is 1. The van der Waals surface area contributed by atoms with Crippen LogP contribution in [0.15, 0.2) is 12.5 Å². The number of aliphatic hydroxyl groups excluding tert-OH is 1. The molecule has 0 aliphatic carbocycles. The molecule has 0 amide bonds. The maximum absolute atomic E-state index is 11.5. The molecular weight excluding hydrogens is 292 g/mol. The summed E-state index contributed by atoms with van der Waals surface area (Å²) in [4.78, 5) is 11.5. The van der Waals surface area contributed by atoms with Crippen LogP contribution in [0.5, 0.6) is 0 Å². The summed E-state index contributed by atoms with van der Waals surface area (Å²) < 4.78 is 9.91. The zero-order valence-corrected chi connectivity index (χ0v) is 15.0. The smallest absolute Gasteiger partial charge is 0.313 e. The van der Waals surface area contributed by atoms with Crippen molar-refractivity contribution in [2.45, 2.75) is 90.4 Å². The van der Waals surface area contributed by atoms with E-state index in [1.807, 2.05) is 6.92 Å². The first-order valence-electron chi connectivity index (χ1n) is 9.34. The SMILES string of the molecule is C=C(OCC)OC(=O)CCCCCCCCCCCCCCO. The Labute approximate surface area is 142 Å². The van der Waals surface area contributed by atoms with Gasteiger partial charge in [-0.2, -0.15) is 0 Å². The number of hydrogen-bond donors (Lipinski definition) is 1.